The van der Waals surface area contributed by atoms with Gasteiger partial charge in [0.15, 0.2) is 0 Å². The van der Waals surface area contributed by atoms with Gasteiger partial charge < -0.3 is 5.32 Å². The molecule has 6 heteroatoms. The van der Waals surface area contributed by atoms with Gasteiger partial charge in [-0.1, -0.05) is 0 Å². The Morgan fingerprint density at radius 2 is 2.00 bits per heavy atom. The Morgan fingerprint density at radius 3 is 2.54 bits per heavy atom. The van der Waals surface area contributed by atoms with Crippen molar-refractivity contribution in [2.24, 2.45) is 0 Å². The third kappa shape index (κ3) is 5.51. The second-order valence-electron chi connectivity index (χ2n) is 3.13. The molecule has 0 radical (unpaired) electrons. The zero-order valence-corrected chi connectivity index (χ0v) is 9.03. The molecule has 2 N–H and O–H groups in total. The SMILES string of the molecule is O=S(=O)(O)CCNC1CCSCC1. The highest BCUT2D eigenvalue weighted by atomic mass is 32.2. The van der Waals surface area contributed by atoms with Crippen LogP contribution in [0.3, 0.4) is 0 Å². The molecule has 4 nitrogen and oxygen atoms in total. The highest BCUT2D eigenvalue weighted by Gasteiger charge is 2.13. The van der Waals surface area contributed by atoms with Crippen LogP contribution in [0.15, 0.2) is 0 Å². The maximum atomic E-state index is 10.4. The minimum Gasteiger partial charge on any atom is -0.313 e. The molecule has 0 amide bonds. The maximum absolute atomic E-state index is 10.4. The quantitative estimate of drug-likeness (QED) is 0.676. The summed E-state index contributed by atoms with van der Waals surface area (Å²) in [6.45, 7) is 0.355. The lowest BCUT2D eigenvalue weighted by molar-refractivity contribution is 0.466. The summed E-state index contributed by atoms with van der Waals surface area (Å²) in [4.78, 5) is 0. The third-order valence-corrected chi connectivity index (χ3v) is 3.78. The van der Waals surface area contributed by atoms with Crippen molar-refractivity contribution in [3.05, 3.63) is 0 Å². The summed E-state index contributed by atoms with van der Waals surface area (Å²) in [6.07, 6.45) is 2.19. The Bertz CT molecular complexity index is 234. The van der Waals surface area contributed by atoms with Crippen LogP contribution < -0.4 is 5.32 Å². The van der Waals surface area contributed by atoms with Crippen molar-refractivity contribution in [2.75, 3.05) is 23.8 Å². The average Bonchev–Trinajstić information content (AvgIpc) is 2.04. The van der Waals surface area contributed by atoms with Crippen LogP contribution in [-0.2, 0) is 10.1 Å². The second kappa shape index (κ2) is 5.19. The normalized spacial score (nSPS) is 20.4. The largest absolute Gasteiger partial charge is 0.313 e. The lowest BCUT2D eigenvalue weighted by Gasteiger charge is -2.22. The molecular formula is C7H15NO3S2. The van der Waals surface area contributed by atoms with E-state index in [1.165, 1.54) is 0 Å². The molecule has 1 aliphatic rings. The van der Waals surface area contributed by atoms with Gasteiger partial charge in [0.1, 0.15) is 0 Å². The smallest absolute Gasteiger partial charge is 0.266 e. The summed E-state index contributed by atoms with van der Waals surface area (Å²) in [7, 11) is -3.79. The van der Waals surface area contributed by atoms with Gasteiger partial charge in [0.2, 0.25) is 0 Å². The summed E-state index contributed by atoms with van der Waals surface area (Å²) in [6, 6.07) is 0.433. The van der Waals surface area contributed by atoms with Crippen molar-refractivity contribution in [1.82, 2.24) is 5.32 Å². The lowest BCUT2D eigenvalue weighted by Crippen LogP contribution is -2.35. The first-order valence-electron chi connectivity index (χ1n) is 4.34. The van der Waals surface area contributed by atoms with Crippen molar-refractivity contribution < 1.29 is 13.0 Å². The molecular weight excluding hydrogens is 210 g/mol. The van der Waals surface area contributed by atoms with E-state index in [1.807, 2.05) is 11.8 Å². The highest BCUT2D eigenvalue weighted by molar-refractivity contribution is 7.99. The van der Waals surface area contributed by atoms with Crippen LogP contribution in [-0.4, -0.2) is 42.8 Å². The van der Waals surface area contributed by atoms with E-state index < -0.39 is 10.1 Å². The lowest BCUT2D eigenvalue weighted by atomic mass is 10.1. The monoisotopic (exact) mass is 225 g/mol. The fourth-order valence-electron chi connectivity index (χ4n) is 1.29. The van der Waals surface area contributed by atoms with E-state index in [-0.39, 0.29) is 5.75 Å². The Labute approximate surface area is 83.2 Å². The first-order valence-corrected chi connectivity index (χ1v) is 7.10. The van der Waals surface area contributed by atoms with Crippen LogP contribution >= 0.6 is 11.8 Å². The molecule has 78 valence electrons. The zero-order chi connectivity index (χ0) is 9.73. The van der Waals surface area contributed by atoms with E-state index in [2.05, 4.69) is 5.32 Å². The fraction of sp³-hybridized carbons (Fsp3) is 1.00. The molecule has 0 aromatic heterocycles. The molecule has 1 heterocycles. The molecule has 1 aliphatic heterocycles. The van der Waals surface area contributed by atoms with Crippen LogP contribution in [0.2, 0.25) is 0 Å². The van der Waals surface area contributed by atoms with E-state index in [0.717, 1.165) is 24.3 Å². The topological polar surface area (TPSA) is 66.4 Å². The second-order valence-corrected chi connectivity index (χ2v) is 5.92. The van der Waals surface area contributed by atoms with Gasteiger partial charge in [-0.25, -0.2) is 0 Å². The predicted octanol–water partition coefficient (Wildman–Crippen LogP) is 0.359. The number of thioether (sulfide) groups is 1. The molecule has 0 aromatic carbocycles. The average molecular weight is 225 g/mol. The third-order valence-electron chi connectivity index (χ3n) is 2.01. The molecule has 0 saturated carbocycles. The number of hydrogen-bond acceptors (Lipinski definition) is 4. The molecule has 1 saturated heterocycles. The Balaban J connectivity index is 2.11. The maximum Gasteiger partial charge on any atom is 0.266 e. The number of hydrogen-bond donors (Lipinski definition) is 2. The summed E-state index contributed by atoms with van der Waals surface area (Å²) in [5.74, 6) is 2.10. The van der Waals surface area contributed by atoms with E-state index in [1.54, 1.807) is 0 Å². The van der Waals surface area contributed by atoms with Gasteiger partial charge in [-0.05, 0) is 24.3 Å². The Hall–Kier alpha value is 0.220. The van der Waals surface area contributed by atoms with Gasteiger partial charge in [-0.2, -0.15) is 20.2 Å². The standard InChI is InChI=1S/C7H15NO3S2/c9-13(10,11)6-3-8-7-1-4-12-5-2-7/h7-8H,1-6H2,(H,9,10,11). The minimum absolute atomic E-state index is 0.184. The van der Waals surface area contributed by atoms with E-state index in [4.69, 9.17) is 4.55 Å². The van der Waals surface area contributed by atoms with Crippen molar-refractivity contribution in [1.29, 1.82) is 0 Å². The molecule has 1 rings (SSSR count). The van der Waals surface area contributed by atoms with Gasteiger partial charge in [-0.15, -0.1) is 0 Å². The number of nitrogens with one attached hydrogen (secondary N) is 1. The van der Waals surface area contributed by atoms with Crippen molar-refractivity contribution in [3.8, 4) is 0 Å². The van der Waals surface area contributed by atoms with E-state index >= 15 is 0 Å². The Kier molecular flexibility index (Phi) is 4.51. The minimum atomic E-state index is -3.79. The van der Waals surface area contributed by atoms with Crippen LogP contribution in [0.25, 0.3) is 0 Å². The van der Waals surface area contributed by atoms with Gasteiger partial charge in [0, 0.05) is 12.6 Å². The summed E-state index contributed by atoms with van der Waals surface area (Å²) < 4.78 is 29.2. The first-order chi connectivity index (χ1) is 6.08. The molecule has 13 heavy (non-hydrogen) atoms. The number of rotatable bonds is 4. The van der Waals surface area contributed by atoms with Crippen molar-refractivity contribution in [3.63, 3.8) is 0 Å². The van der Waals surface area contributed by atoms with Gasteiger partial charge in [-0.3, -0.25) is 4.55 Å². The molecule has 0 unspecified atom stereocenters. The summed E-state index contributed by atoms with van der Waals surface area (Å²) in [5, 5.41) is 3.13. The van der Waals surface area contributed by atoms with Crippen LogP contribution in [0.4, 0.5) is 0 Å². The van der Waals surface area contributed by atoms with E-state index in [9.17, 15) is 8.42 Å². The first kappa shape index (κ1) is 11.3. The molecule has 0 bridgehead atoms. The van der Waals surface area contributed by atoms with Gasteiger partial charge in [0.25, 0.3) is 10.1 Å². The zero-order valence-electron chi connectivity index (χ0n) is 7.40. The molecule has 1 fully saturated rings. The van der Waals surface area contributed by atoms with Crippen molar-refractivity contribution >= 4 is 21.9 Å². The molecule has 0 spiro atoms. The summed E-state index contributed by atoms with van der Waals surface area (Å²) in [5.41, 5.74) is 0. The van der Waals surface area contributed by atoms with E-state index in [0.29, 0.717) is 12.6 Å². The molecule has 0 aliphatic carbocycles. The Morgan fingerprint density at radius 1 is 1.38 bits per heavy atom. The fourth-order valence-corrected chi connectivity index (χ4v) is 2.78. The highest BCUT2D eigenvalue weighted by Crippen LogP contribution is 2.16. The van der Waals surface area contributed by atoms with Crippen LogP contribution in [0.5, 0.6) is 0 Å². The van der Waals surface area contributed by atoms with Gasteiger partial charge >= 0.3 is 0 Å². The predicted molar refractivity (Wildman–Crippen MR) is 54.8 cm³/mol. The van der Waals surface area contributed by atoms with Crippen LogP contribution in [0, 0.1) is 0 Å². The van der Waals surface area contributed by atoms with Crippen molar-refractivity contribution in [2.45, 2.75) is 18.9 Å². The van der Waals surface area contributed by atoms with Gasteiger partial charge in [0.05, 0.1) is 5.75 Å². The molecule has 0 atom stereocenters. The molecule has 0 aromatic rings. The van der Waals surface area contributed by atoms with Crippen LogP contribution in [0.1, 0.15) is 12.8 Å². The summed E-state index contributed by atoms with van der Waals surface area (Å²) >= 11 is 1.93.